The maximum atomic E-state index is 12.1. The third-order valence-corrected chi connectivity index (χ3v) is 3.76. The summed E-state index contributed by atoms with van der Waals surface area (Å²) in [4.78, 5) is 20.8. The Morgan fingerprint density at radius 1 is 1.47 bits per heavy atom. The second-order valence-electron chi connectivity index (χ2n) is 5.34. The van der Waals surface area contributed by atoms with E-state index in [-0.39, 0.29) is 12.0 Å². The van der Waals surface area contributed by atoms with Crippen LogP contribution in [0.4, 0.5) is 0 Å². The van der Waals surface area contributed by atoms with E-state index in [0.29, 0.717) is 0 Å². The van der Waals surface area contributed by atoms with Crippen LogP contribution in [0.15, 0.2) is 18.5 Å². The van der Waals surface area contributed by atoms with Gasteiger partial charge in [-0.1, -0.05) is 0 Å². The van der Waals surface area contributed by atoms with Crippen molar-refractivity contribution in [2.45, 2.75) is 38.1 Å². The number of esters is 1. The van der Waals surface area contributed by atoms with Gasteiger partial charge in [-0.25, -0.2) is 4.98 Å². The zero-order chi connectivity index (χ0) is 13.6. The van der Waals surface area contributed by atoms with Crippen molar-refractivity contribution < 1.29 is 9.53 Å². The first kappa shape index (κ1) is 12.1. The van der Waals surface area contributed by atoms with Crippen molar-refractivity contribution in [1.29, 1.82) is 0 Å². The average Bonchev–Trinajstić information content (AvgIpc) is 3.12. The molecule has 3 rings (SSSR count). The van der Waals surface area contributed by atoms with Crippen LogP contribution in [-0.2, 0) is 14.9 Å². The summed E-state index contributed by atoms with van der Waals surface area (Å²) in [6.45, 7) is 4.19. The highest BCUT2D eigenvalue weighted by Crippen LogP contribution is 2.49. The fraction of sp³-hybridized carbons (Fsp3) is 0.500. The summed E-state index contributed by atoms with van der Waals surface area (Å²) in [5, 5.41) is 0. The fourth-order valence-electron chi connectivity index (χ4n) is 2.65. The number of fused-ring (bicyclic) bond motifs is 1. The predicted molar refractivity (Wildman–Crippen MR) is 70.8 cm³/mol. The van der Waals surface area contributed by atoms with Crippen molar-refractivity contribution in [1.82, 2.24) is 14.5 Å². The Kier molecular flexibility index (Phi) is 2.59. The zero-order valence-corrected chi connectivity index (χ0v) is 11.4. The molecule has 2 heterocycles. The summed E-state index contributed by atoms with van der Waals surface area (Å²) >= 11 is 0. The number of carbonyl (C=O) groups is 1. The van der Waals surface area contributed by atoms with Crippen molar-refractivity contribution >= 4 is 17.0 Å². The summed E-state index contributed by atoms with van der Waals surface area (Å²) in [5.41, 5.74) is 1.31. The highest BCUT2D eigenvalue weighted by molar-refractivity contribution is 5.87. The SMILES string of the molecule is COC(=O)C1(c2nc3cnccc3n2C(C)C)CC1. The first-order valence-electron chi connectivity index (χ1n) is 6.51. The molecule has 0 radical (unpaired) electrons. The van der Waals surface area contributed by atoms with Gasteiger partial charge < -0.3 is 9.30 Å². The van der Waals surface area contributed by atoms with Crippen molar-refractivity contribution in [3.63, 3.8) is 0 Å². The Labute approximate surface area is 111 Å². The minimum Gasteiger partial charge on any atom is -0.468 e. The summed E-state index contributed by atoms with van der Waals surface area (Å²) in [7, 11) is 1.44. The number of aromatic nitrogens is 3. The van der Waals surface area contributed by atoms with Crippen LogP contribution in [0.1, 0.15) is 38.6 Å². The van der Waals surface area contributed by atoms with Gasteiger partial charge in [-0.15, -0.1) is 0 Å². The topological polar surface area (TPSA) is 57.0 Å². The van der Waals surface area contributed by atoms with E-state index in [0.717, 1.165) is 29.7 Å². The lowest BCUT2D eigenvalue weighted by Crippen LogP contribution is -2.26. The minimum atomic E-state index is -0.544. The molecule has 1 aliphatic rings. The van der Waals surface area contributed by atoms with Crippen molar-refractivity contribution in [2.75, 3.05) is 7.11 Å². The third kappa shape index (κ3) is 1.64. The number of pyridine rings is 1. The lowest BCUT2D eigenvalue weighted by atomic mass is 10.1. The molecule has 1 saturated carbocycles. The molecule has 5 nitrogen and oxygen atoms in total. The summed E-state index contributed by atoms with van der Waals surface area (Å²) in [6.07, 6.45) is 5.11. The molecule has 0 spiro atoms. The van der Waals surface area contributed by atoms with Crippen molar-refractivity contribution in [3.05, 3.63) is 24.3 Å². The molecule has 1 fully saturated rings. The standard InChI is InChI=1S/C14H17N3O2/c1-9(2)17-11-4-7-15-8-10(11)16-12(17)14(5-6-14)13(18)19-3/h4,7-9H,5-6H2,1-3H3. The van der Waals surface area contributed by atoms with Gasteiger partial charge in [-0.2, -0.15) is 0 Å². The number of carbonyl (C=O) groups excluding carboxylic acids is 1. The van der Waals surface area contributed by atoms with Crippen LogP contribution in [0.3, 0.4) is 0 Å². The number of nitrogens with zero attached hydrogens (tertiary/aromatic N) is 3. The lowest BCUT2D eigenvalue weighted by Gasteiger charge is -2.18. The maximum Gasteiger partial charge on any atom is 0.319 e. The molecule has 0 N–H and O–H groups in total. The Bertz CT molecular complexity index is 641. The predicted octanol–water partition coefficient (Wildman–Crippen LogP) is 2.22. The molecule has 100 valence electrons. The summed E-state index contributed by atoms with van der Waals surface area (Å²) in [5.74, 6) is 0.634. The summed E-state index contributed by atoms with van der Waals surface area (Å²) < 4.78 is 7.08. The molecule has 0 bridgehead atoms. The zero-order valence-electron chi connectivity index (χ0n) is 11.4. The number of hydrogen-bond acceptors (Lipinski definition) is 4. The molecule has 2 aromatic heterocycles. The van der Waals surface area contributed by atoms with Gasteiger partial charge in [0.1, 0.15) is 16.8 Å². The molecule has 0 atom stereocenters. The molecule has 0 aliphatic heterocycles. The smallest absolute Gasteiger partial charge is 0.319 e. The number of imidazole rings is 1. The Morgan fingerprint density at radius 2 is 2.21 bits per heavy atom. The second-order valence-corrected chi connectivity index (χ2v) is 5.34. The van der Waals surface area contributed by atoms with Crippen LogP contribution >= 0.6 is 0 Å². The van der Waals surface area contributed by atoms with E-state index in [1.165, 1.54) is 7.11 Å². The molecule has 19 heavy (non-hydrogen) atoms. The molecule has 0 amide bonds. The highest BCUT2D eigenvalue weighted by atomic mass is 16.5. The second kappa shape index (κ2) is 4.05. The number of hydrogen-bond donors (Lipinski definition) is 0. The summed E-state index contributed by atoms with van der Waals surface area (Å²) in [6, 6.07) is 2.18. The minimum absolute atomic E-state index is 0.183. The van der Waals surface area contributed by atoms with Crippen LogP contribution in [-0.4, -0.2) is 27.6 Å². The van der Waals surface area contributed by atoms with E-state index in [4.69, 9.17) is 4.74 Å². The molecule has 0 unspecified atom stereocenters. The molecule has 1 aliphatic carbocycles. The van der Waals surface area contributed by atoms with E-state index >= 15 is 0 Å². The molecular weight excluding hydrogens is 242 g/mol. The lowest BCUT2D eigenvalue weighted by molar-refractivity contribution is -0.144. The molecule has 0 saturated heterocycles. The van der Waals surface area contributed by atoms with Gasteiger partial charge in [0.15, 0.2) is 0 Å². The van der Waals surface area contributed by atoms with E-state index in [2.05, 4.69) is 28.4 Å². The van der Waals surface area contributed by atoms with E-state index < -0.39 is 5.41 Å². The van der Waals surface area contributed by atoms with Gasteiger partial charge >= 0.3 is 5.97 Å². The van der Waals surface area contributed by atoms with Crippen LogP contribution < -0.4 is 0 Å². The number of methoxy groups -OCH3 is 1. The van der Waals surface area contributed by atoms with Gasteiger partial charge in [-0.05, 0) is 32.8 Å². The fourth-order valence-corrected chi connectivity index (χ4v) is 2.65. The highest BCUT2D eigenvalue weighted by Gasteiger charge is 2.56. The van der Waals surface area contributed by atoms with E-state index in [1.54, 1.807) is 12.4 Å². The molecule has 5 heteroatoms. The van der Waals surface area contributed by atoms with Gasteiger partial charge in [0.05, 0.1) is 18.8 Å². The normalized spacial score (nSPS) is 16.8. The third-order valence-electron chi connectivity index (χ3n) is 3.76. The Balaban J connectivity index is 2.24. The monoisotopic (exact) mass is 259 g/mol. The molecule has 0 aromatic carbocycles. The van der Waals surface area contributed by atoms with Gasteiger partial charge in [0.25, 0.3) is 0 Å². The van der Waals surface area contributed by atoms with Gasteiger partial charge in [0.2, 0.25) is 0 Å². The quantitative estimate of drug-likeness (QED) is 0.793. The van der Waals surface area contributed by atoms with Crippen LogP contribution in [0.25, 0.3) is 11.0 Å². The average molecular weight is 259 g/mol. The van der Waals surface area contributed by atoms with Crippen LogP contribution in [0.5, 0.6) is 0 Å². The first-order chi connectivity index (χ1) is 9.10. The van der Waals surface area contributed by atoms with E-state index in [9.17, 15) is 4.79 Å². The van der Waals surface area contributed by atoms with Crippen LogP contribution in [0.2, 0.25) is 0 Å². The van der Waals surface area contributed by atoms with Gasteiger partial charge in [0, 0.05) is 12.2 Å². The molecular formula is C14H17N3O2. The van der Waals surface area contributed by atoms with Crippen molar-refractivity contribution in [2.24, 2.45) is 0 Å². The van der Waals surface area contributed by atoms with Gasteiger partial charge in [-0.3, -0.25) is 9.78 Å². The maximum absolute atomic E-state index is 12.1. The van der Waals surface area contributed by atoms with E-state index in [1.807, 2.05) is 6.07 Å². The first-order valence-corrected chi connectivity index (χ1v) is 6.51. The number of rotatable bonds is 3. The van der Waals surface area contributed by atoms with Crippen molar-refractivity contribution in [3.8, 4) is 0 Å². The Morgan fingerprint density at radius 3 is 2.79 bits per heavy atom. The molecule has 2 aromatic rings. The Hall–Kier alpha value is -1.91. The van der Waals surface area contributed by atoms with Crippen LogP contribution in [0, 0.1) is 0 Å². The number of ether oxygens (including phenoxy) is 1. The largest absolute Gasteiger partial charge is 0.468 e.